The summed E-state index contributed by atoms with van der Waals surface area (Å²) in [5.41, 5.74) is 1.10. The summed E-state index contributed by atoms with van der Waals surface area (Å²) in [6.45, 7) is 0.117. The molecule has 0 aliphatic carbocycles. The van der Waals surface area contributed by atoms with Crippen molar-refractivity contribution in [1.82, 2.24) is 0 Å². The van der Waals surface area contributed by atoms with Crippen LogP contribution in [0.1, 0.15) is 21.5 Å². The fourth-order valence-corrected chi connectivity index (χ4v) is 5.19. The summed E-state index contributed by atoms with van der Waals surface area (Å²) >= 11 is 6.87. The lowest BCUT2D eigenvalue weighted by molar-refractivity contribution is -0.129. The number of methoxy groups -OCH3 is 3. The van der Waals surface area contributed by atoms with E-state index >= 15 is 0 Å². The van der Waals surface area contributed by atoms with Gasteiger partial charge in [0.1, 0.15) is 0 Å². The second-order valence-electron chi connectivity index (χ2n) is 8.01. The molecule has 5 rings (SSSR count). The number of benzene rings is 3. The van der Waals surface area contributed by atoms with Crippen molar-refractivity contribution >= 4 is 55.8 Å². The van der Waals surface area contributed by atoms with Crippen molar-refractivity contribution in [3.8, 4) is 34.5 Å². The molecule has 3 aromatic carbocycles. The molecule has 12 heteroatoms. The van der Waals surface area contributed by atoms with Gasteiger partial charge in [0.25, 0.3) is 0 Å². The van der Waals surface area contributed by atoms with Gasteiger partial charge < -0.3 is 33.2 Å². The normalized spacial score (nSPS) is 14.6. The zero-order valence-corrected chi connectivity index (χ0v) is 23.9. The van der Waals surface area contributed by atoms with Crippen LogP contribution in [-0.4, -0.2) is 46.0 Å². The number of fused-ring (bicyclic) bond motifs is 1. The average molecular weight is 661 g/mol. The van der Waals surface area contributed by atoms with Crippen molar-refractivity contribution < 1.29 is 42.7 Å². The number of carbonyl (C=O) groups excluding carboxylic acids is 2. The van der Waals surface area contributed by atoms with Gasteiger partial charge in [-0.2, -0.15) is 0 Å². The van der Waals surface area contributed by atoms with E-state index in [2.05, 4.69) is 36.9 Å². The van der Waals surface area contributed by atoms with Crippen LogP contribution >= 0.6 is 31.9 Å². The summed E-state index contributed by atoms with van der Waals surface area (Å²) in [6, 6.07) is 11.4. The van der Waals surface area contributed by atoms with E-state index in [1.807, 2.05) is 0 Å². The number of hydrogen-bond donors (Lipinski definition) is 0. The number of rotatable bonds is 7. The van der Waals surface area contributed by atoms with E-state index in [4.69, 9.17) is 33.2 Å². The van der Waals surface area contributed by atoms with Crippen molar-refractivity contribution in [3.05, 3.63) is 73.8 Å². The Morgan fingerprint density at radius 2 is 1.64 bits per heavy atom. The largest absolute Gasteiger partial charge is 0.493 e. The van der Waals surface area contributed by atoms with Gasteiger partial charge in [-0.05, 0) is 64.5 Å². The standard InChI is InChI=1S/C27H19Br2NO9/c1-33-21-9-15(10-22(34-2)24(21)35-3)26(31)38-23-14(6-16(28)11-17(23)29)7-18-27(32)39-25(30-18)13-4-5-19-20(8-13)37-12-36-19/h4-11H,12H2,1-3H3/b18-7+. The maximum Gasteiger partial charge on any atom is 0.363 e. The highest BCUT2D eigenvalue weighted by Crippen LogP contribution is 2.40. The first-order valence-corrected chi connectivity index (χ1v) is 12.8. The Balaban J connectivity index is 1.49. The third-order valence-corrected chi connectivity index (χ3v) is 6.71. The lowest BCUT2D eigenvalue weighted by atomic mass is 10.1. The SMILES string of the molecule is COc1cc(C(=O)Oc2c(Br)cc(Br)cc2/C=C2/N=C(c3ccc4c(c3)OCO4)OC2=O)cc(OC)c1OC. The summed E-state index contributed by atoms with van der Waals surface area (Å²) < 4.78 is 39.0. The molecule has 0 aromatic heterocycles. The first-order valence-electron chi connectivity index (χ1n) is 11.2. The number of hydrogen-bond acceptors (Lipinski definition) is 10. The predicted octanol–water partition coefficient (Wildman–Crippen LogP) is 5.53. The Bertz CT molecular complexity index is 1540. The highest BCUT2D eigenvalue weighted by Gasteiger charge is 2.27. The molecule has 0 fully saturated rings. The Hall–Kier alpha value is -4.03. The zero-order chi connectivity index (χ0) is 27.7. The van der Waals surface area contributed by atoms with Gasteiger partial charge in [0.15, 0.2) is 34.4 Å². The third kappa shape index (κ3) is 5.30. The molecule has 2 aliphatic rings. The number of aliphatic imine (C=N–C) groups is 1. The van der Waals surface area contributed by atoms with Crippen LogP contribution in [0.2, 0.25) is 0 Å². The van der Waals surface area contributed by atoms with E-state index in [0.717, 1.165) is 0 Å². The van der Waals surface area contributed by atoms with Gasteiger partial charge in [-0.1, -0.05) is 15.9 Å². The summed E-state index contributed by atoms with van der Waals surface area (Å²) in [5, 5.41) is 0. The molecule has 0 spiro atoms. The lowest BCUT2D eigenvalue weighted by Crippen LogP contribution is -2.11. The molecule has 0 saturated carbocycles. The van der Waals surface area contributed by atoms with E-state index in [0.29, 0.717) is 48.8 Å². The first kappa shape index (κ1) is 26.6. The van der Waals surface area contributed by atoms with E-state index in [1.54, 1.807) is 30.3 Å². The monoisotopic (exact) mass is 659 g/mol. The van der Waals surface area contributed by atoms with Crippen LogP contribution in [0.5, 0.6) is 34.5 Å². The van der Waals surface area contributed by atoms with Gasteiger partial charge in [0.05, 0.1) is 31.4 Å². The Morgan fingerprint density at radius 1 is 0.923 bits per heavy atom. The summed E-state index contributed by atoms with van der Waals surface area (Å²) in [7, 11) is 4.35. The van der Waals surface area contributed by atoms with Crippen LogP contribution < -0.4 is 28.4 Å². The number of halogens is 2. The molecule has 0 atom stereocenters. The maximum atomic E-state index is 13.2. The minimum absolute atomic E-state index is 0.0118. The number of ether oxygens (including phenoxy) is 7. The second kappa shape index (κ2) is 11.0. The van der Waals surface area contributed by atoms with Gasteiger partial charge in [-0.15, -0.1) is 0 Å². The van der Waals surface area contributed by atoms with Gasteiger partial charge in [0, 0.05) is 15.6 Å². The fourth-order valence-electron chi connectivity index (χ4n) is 3.86. The van der Waals surface area contributed by atoms with Gasteiger partial charge >= 0.3 is 11.9 Å². The molecule has 0 saturated heterocycles. The van der Waals surface area contributed by atoms with Gasteiger partial charge in [-0.25, -0.2) is 14.6 Å². The molecule has 0 radical (unpaired) electrons. The number of esters is 2. The van der Waals surface area contributed by atoms with Crippen LogP contribution in [0.4, 0.5) is 0 Å². The summed E-state index contributed by atoms with van der Waals surface area (Å²) in [6.07, 6.45) is 1.47. The van der Waals surface area contributed by atoms with Crippen LogP contribution in [0, 0.1) is 0 Å². The molecule has 39 heavy (non-hydrogen) atoms. The number of carbonyl (C=O) groups is 2. The van der Waals surface area contributed by atoms with E-state index in [-0.39, 0.29) is 29.7 Å². The Morgan fingerprint density at radius 3 is 2.33 bits per heavy atom. The van der Waals surface area contributed by atoms with Crippen LogP contribution in [-0.2, 0) is 9.53 Å². The molecule has 0 unspecified atom stereocenters. The van der Waals surface area contributed by atoms with Crippen molar-refractivity contribution in [3.63, 3.8) is 0 Å². The Labute approximate surface area is 239 Å². The summed E-state index contributed by atoms with van der Waals surface area (Å²) in [5.74, 6) is 0.940. The van der Waals surface area contributed by atoms with Crippen LogP contribution in [0.3, 0.4) is 0 Å². The minimum Gasteiger partial charge on any atom is -0.493 e. The first-order chi connectivity index (χ1) is 18.8. The molecule has 0 amide bonds. The van der Waals surface area contributed by atoms with Crippen molar-refractivity contribution in [1.29, 1.82) is 0 Å². The van der Waals surface area contributed by atoms with Gasteiger partial charge in [0.2, 0.25) is 18.4 Å². The average Bonchev–Trinajstić information content (AvgIpc) is 3.55. The predicted molar refractivity (Wildman–Crippen MR) is 146 cm³/mol. The number of cyclic esters (lactones) is 1. The molecule has 0 bridgehead atoms. The highest BCUT2D eigenvalue weighted by molar-refractivity contribution is 9.11. The van der Waals surface area contributed by atoms with E-state index in [9.17, 15) is 9.59 Å². The summed E-state index contributed by atoms with van der Waals surface area (Å²) in [4.78, 5) is 30.2. The highest BCUT2D eigenvalue weighted by atomic mass is 79.9. The molecule has 200 valence electrons. The van der Waals surface area contributed by atoms with E-state index in [1.165, 1.54) is 39.5 Å². The van der Waals surface area contributed by atoms with Crippen molar-refractivity contribution in [2.75, 3.05) is 28.1 Å². The lowest BCUT2D eigenvalue weighted by Gasteiger charge is -2.15. The topological polar surface area (TPSA) is 111 Å². The molecule has 2 aliphatic heterocycles. The Kier molecular flexibility index (Phi) is 7.49. The smallest absolute Gasteiger partial charge is 0.363 e. The van der Waals surface area contributed by atoms with Crippen molar-refractivity contribution in [2.45, 2.75) is 0 Å². The molecule has 3 aromatic rings. The van der Waals surface area contributed by atoms with E-state index < -0.39 is 11.9 Å². The van der Waals surface area contributed by atoms with Crippen molar-refractivity contribution in [2.24, 2.45) is 4.99 Å². The molecule has 2 heterocycles. The maximum absolute atomic E-state index is 13.2. The van der Waals surface area contributed by atoms with Gasteiger partial charge in [-0.3, -0.25) is 0 Å². The fraction of sp³-hybridized carbons (Fsp3) is 0.148. The second-order valence-corrected chi connectivity index (χ2v) is 9.78. The molecule has 10 nitrogen and oxygen atoms in total. The minimum atomic E-state index is -0.699. The quantitative estimate of drug-likeness (QED) is 0.183. The number of nitrogens with zero attached hydrogens (tertiary/aromatic N) is 1. The third-order valence-electron chi connectivity index (χ3n) is 5.66. The molecular weight excluding hydrogens is 642 g/mol. The van der Waals surface area contributed by atoms with Crippen LogP contribution in [0.15, 0.2) is 62.1 Å². The van der Waals surface area contributed by atoms with Crippen LogP contribution in [0.25, 0.3) is 6.08 Å². The molecular formula is C27H19Br2NO9. The zero-order valence-electron chi connectivity index (χ0n) is 20.7. The molecule has 0 N–H and O–H groups in total.